The Labute approximate surface area is 110 Å². The first-order valence-corrected chi connectivity index (χ1v) is 6.05. The molecule has 0 radical (unpaired) electrons. The average molecular weight is 263 g/mol. The highest BCUT2D eigenvalue weighted by Crippen LogP contribution is 2.24. The molecule has 2 rings (SSSR count). The monoisotopic (exact) mass is 263 g/mol. The molecule has 0 aliphatic carbocycles. The molecular weight excluding hydrogens is 248 g/mol. The Morgan fingerprint density at radius 2 is 1.74 bits per heavy atom. The number of hydrogen-bond donors (Lipinski definition) is 1. The molecule has 0 saturated carbocycles. The second-order valence-electron chi connectivity index (χ2n) is 4.26. The summed E-state index contributed by atoms with van der Waals surface area (Å²) in [4.78, 5) is 0. The molecule has 19 heavy (non-hydrogen) atoms. The molecular formula is C15H15F2NO. The van der Waals surface area contributed by atoms with Gasteiger partial charge in [-0.05, 0) is 41.8 Å². The molecule has 2 aromatic carbocycles. The Morgan fingerprint density at radius 1 is 1.00 bits per heavy atom. The van der Waals surface area contributed by atoms with E-state index in [9.17, 15) is 8.78 Å². The molecule has 0 bridgehead atoms. The Morgan fingerprint density at radius 3 is 2.37 bits per heavy atom. The molecule has 0 atom stereocenters. The number of nitrogens with two attached hydrogens (primary N) is 1. The van der Waals surface area contributed by atoms with Crippen molar-refractivity contribution < 1.29 is 13.5 Å². The number of hydrogen-bond acceptors (Lipinski definition) is 2. The van der Waals surface area contributed by atoms with E-state index in [1.807, 2.05) is 19.1 Å². The molecule has 4 heteroatoms. The third-order valence-electron chi connectivity index (χ3n) is 2.86. The molecule has 2 aromatic rings. The van der Waals surface area contributed by atoms with Crippen molar-refractivity contribution in [2.24, 2.45) is 0 Å². The lowest BCUT2D eigenvalue weighted by molar-refractivity contribution is 0.306. The smallest absolute Gasteiger partial charge is 0.159 e. The van der Waals surface area contributed by atoms with Crippen molar-refractivity contribution in [1.82, 2.24) is 0 Å². The van der Waals surface area contributed by atoms with Gasteiger partial charge in [-0.15, -0.1) is 0 Å². The number of rotatable bonds is 4. The predicted molar refractivity (Wildman–Crippen MR) is 70.9 cm³/mol. The van der Waals surface area contributed by atoms with Gasteiger partial charge in [0.1, 0.15) is 12.4 Å². The van der Waals surface area contributed by atoms with Gasteiger partial charge >= 0.3 is 0 Å². The topological polar surface area (TPSA) is 35.2 Å². The maximum absolute atomic E-state index is 13.0. The highest BCUT2D eigenvalue weighted by Gasteiger charge is 2.05. The van der Waals surface area contributed by atoms with Gasteiger partial charge in [-0.25, -0.2) is 8.78 Å². The molecule has 0 amide bonds. The molecule has 0 aliphatic heterocycles. The second-order valence-corrected chi connectivity index (χ2v) is 4.26. The molecule has 0 unspecified atom stereocenters. The summed E-state index contributed by atoms with van der Waals surface area (Å²) in [6.45, 7) is 2.18. The largest absolute Gasteiger partial charge is 0.487 e. The lowest BCUT2D eigenvalue weighted by atomic mass is 10.1. The predicted octanol–water partition coefficient (Wildman–Crippen LogP) is 3.69. The van der Waals surface area contributed by atoms with Crippen molar-refractivity contribution in [2.75, 3.05) is 5.73 Å². The number of ether oxygens (including phenoxy) is 1. The number of aryl methyl sites for hydroxylation is 1. The van der Waals surface area contributed by atoms with Gasteiger partial charge in [-0.3, -0.25) is 0 Å². The Bertz CT molecular complexity index is 584. The normalized spacial score (nSPS) is 10.5. The summed E-state index contributed by atoms with van der Waals surface area (Å²) in [6.07, 6.45) is 0.896. The van der Waals surface area contributed by atoms with Gasteiger partial charge in [0.25, 0.3) is 0 Å². The molecule has 2 N–H and O–H groups in total. The third-order valence-corrected chi connectivity index (χ3v) is 2.86. The summed E-state index contributed by atoms with van der Waals surface area (Å²) in [5.74, 6) is -1.20. The maximum Gasteiger partial charge on any atom is 0.159 e. The average Bonchev–Trinajstić information content (AvgIpc) is 2.41. The van der Waals surface area contributed by atoms with Crippen LogP contribution in [-0.2, 0) is 13.0 Å². The minimum absolute atomic E-state index is 0.146. The fourth-order valence-corrected chi connectivity index (χ4v) is 1.74. The fourth-order valence-electron chi connectivity index (χ4n) is 1.74. The van der Waals surface area contributed by atoms with E-state index >= 15 is 0 Å². The number of nitrogen functional groups attached to an aromatic ring is 1. The van der Waals surface area contributed by atoms with E-state index in [4.69, 9.17) is 10.5 Å². The first kappa shape index (κ1) is 13.3. The van der Waals surface area contributed by atoms with Crippen molar-refractivity contribution in [1.29, 1.82) is 0 Å². The van der Waals surface area contributed by atoms with Gasteiger partial charge in [0.15, 0.2) is 11.6 Å². The van der Waals surface area contributed by atoms with Crippen LogP contribution in [0.2, 0.25) is 0 Å². The lowest BCUT2D eigenvalue weighted by Gasteiger charge is -2.10. The van der Waals surface area contributed by atoms with Crippen LogP contribution in [0.3, 0.4) is 0 Å². The maximum atomic E-state index is 13.0. The van der Waals surface area contributed by atoms with Crippen LogP contribution >= 0.6 is 0 Å². The van der Waals surface area contributed by atoms with E-state index in [-0.39, 0.29) is 6.61 Å². The van der Waals surface area contributed by atoms with Crippen molar-refractivity contribution in [3.05, 3.63) is 59.2 Å². The molecule has 100 valence electrons. The molecule has 2 nitrogen and oxygen atoms in total. The van der Waals surface area contributed by atoms with Crippen molar-refractivity contribution in [3.63, 3.8) is 0 Å². The first-order chi connectivity index (χ1) is 9.10. The summed E-state index contributed by atoms with van der Waals surface area (Å²) in [5, 5.41) is 0. The number of anilines is 1. The molecule has 0 heterocycles. The molecule has 0 spiro atoms. The molecule has 0 fully saturated rings. The van der Waals surface area contributed by atoms with Crippen LogP contribution in [0.4, 0.5) is 14.5 Å². The third kappa shape index (κ3) is 3.22. The Hall–Kier alpha value is -2.10. The zero-order valence-corrected chi connectivity index (χ0v) is 10.6. The van der Waals surface area contributed by atoms with Gasteiger partial charge in [0, 0.05) is 0 Å². The molecule has 0 saturated heterocycles. The van der Waals surface area contributed by atoms with Crippen molar-refractivity contribution in [2.45, 2.75) is 20.0 Å². The van der Waals surface area contributed by atoms with E-state index in [1.54, 1.807) is 6.07 Å². The Kier molecular flexibility index (Phi) is 4.00. The van der Waals surface area contributed by atoms with Crippen molar-refractivity contribution in [3.8, 4) is 5.75 Å². The van der Waals surface area contributed by atoms with Gasteiger partial charge in [-0.1, -0.05) is 19.1 Å². The molecule has 0 aromatic heterocycles. The number of benzene rings is 2. The van der Waals surface area contributed by atoms with E-state index in [1.165, 1.54) is 6.07 Å². The highest BCUT2D eigenvalue weighted by molar-refractivity contribution is 5.54. The van der Waals surface area contributed by atoms with Crippen LogP contribution in [0.25, 0.3) is 0 Å². The standard InChI is InChI=1S/C15H15F2NO/c1-2-10-4-6-15(14(18)8-10)19-9-11-3-5-12(16)13(17)7-11/h3-8H,2,9,18H2,1H3. The van der Waals surface area contributed by atoms with Crippen LogP contribution in [-0.4, -0.2) is 0 Å². The van der Waals surface area contributed by atoms with Crippen LogP contribution in [0, 0.1) is 11.6 Å². The van der Waals surface area contributed by atoms with Crippen LogP contribution in [0.15, 0.2) is 36.4 Å². The summed E-state index contributed by atoms with van der Waals surface area (Å²) >= 11 is 0. The summed E-state index contributed by atoms with van der Waals surface area (Å²) in [6, 6.07) is 9.24. The zero-order valence-electron chi connectivity index (χ0n) is 10.6. The zero-order chi connectivity index (χ0) is 13.8. The minimum atomic E-state index is -0.879. The fraction of sp³-hybridized carbons (Fsp3) is 0.200. The van der Waals surface area contributed by atoms with Crippen molar-refractivity contribution >= 4 is 5.69 Å². The van der Waals surface area contributed by atoms with Crippen LogP contribution < -0.4 is 10.5 Å². The quantitative estimate of drug-likeness (QED) is 0.854. The molecule has 0 aliphatic rings. The SMILES string of the molecule is CCc1ccc(OCc2ccc(F)c(F)c2)c(N)c1. The highest BCUT2D eigenvalue weighted by atomic mass is 19.2. The summed E-state index contributed by atoms with van der Waals surface area (Å²) in [5.41, 5.74) is 8.08. The van der Waals surface area contributed by atoms with Gasteiger partial charge in [0.2, 0.25) is 0 Å². The first-order valence-electron chi connectivity index (χ1n) is 6.05. The second kappa shape index (κ2) is 5.69. The lowest BCUT2D eigenvalue weighted by Crippen LogP contribution is -2.00. The summed E-state index contributed by atoms with van der Waals surface area (Å²) < 4.78 is 31.3. The van der Waals surface area contributed by atoms with Gasteiger partial charge in [0.05, 0.1) is 5.69 Å². The van der Waals surface area contributed by atoms with Crippen LogP contribution in [0.1, 0.15) is 18.1 Å². The van der Waals surface area contributed by atoms with E-state index < -0.39 is 11.6 Å². The van der Waals surface area contributed by atoms with E-state index in [0.29, 0.717) is 17.0 Å². The minimum Gasteiger partial charge on any atom is -0.487 e. The van der Waals surface area contributed by atoms with Gasteiger partial charge in [-0.2, -0.15) is 0 Å². The van der Waals surface area contributed by atoms with Gasteiger partial charge < -0.3 is 10.5 Å². The van der Waals surface area contributed by atoms with E-state index in [2.05, 4.69) is 0 Å². The Balaban J connectivity index is 2.07. The van der Waals surface area contributed by atoms with Crippen LogP contribution in [0.5, 0.6) is 5.75 Å². The van der Waals surface area contributed by atoms with E-state index in [0.717, 1.165) is 24.1 Å². The number of halogens is 2. The summed E-state index contributed by atoms with van der Waals surface area (Å²) in [7, 11) is 0.